The maximum atomic E-state index is 11.3. The Balaban J connectivity index is 1.34. The number of carbonyl (C=O) groups excluding carboxylic acids is 1. The van der Waals surface area contributed by atoms with Crippen LogP contribution in [0.15, 0.2) is 24.3 Å². The minimum Gasteiger partial charge on any atom is -0.493 e. The van der Waals surface area contributed by atoms with Gasteiger partial charge in [-0.05, 0) is 25.0 Å². The van der Waals surface area contributed by atoms with E-state index in [4.69, 9.17) is 9.84 Å². The third kappa shape index (κ3) is 3.95. The molecule has 1 aromatic rings. The van der Waals surface area contributed by atoms with E-state index in [2.05, 4.69) is 10.6 Å². The number of para-hydroxylation sites is 1. The Hall–Kier alpha value is -1.89. The first-order valence-corrected chi connectivity index (χ1v) is 9.34. The van der Waals surface area contributed by atoms with Crippen LogP contribution in [0.3, 0.4) is 0 Å². The number of carboxylic acids is 1. The first kappa shape index (κ1) is 17.0. The fraction of sp³-hybridized carbons (Fsp3) is 0.529. The number of carbonyl (C=O) groups is 2. The van der Waals surface area contributed by atoms with Crippen LogP contribution in [-0.2, 0) is 0 Å². The molecule has 0 bridgehead atoms. The minimum absolute atomic E-state index is 0.0409. The van der Waals surface area contributed by atoms with Gasteiger partial charge in [0.1, 0.15) is 11.3 Å². The average molecular weight is 350 g/mol. The van der Waals surface area contributed by atoms with Crippen molar-refractivity contribution in [3.63, 3.8) is 0 Å². The molecule has 2 saturated heterocycles. The third-order valence-corrected chi connectivity index (χ3v) is 5.95. The zero-order chi connectivity index (χ0) is 16.9. The monoisotopic (exact) mass is 350 g/mol. The van der Waals surface area contributed by atoms with Gasteiger partial charge in [-0.3, -0.25) is 0 Å². The Morgan fingerprint density at radius 3 is 2.92 bits per heavy atom. The van der Waals surface area contributed by atoms with E-state index in [-0.39, 0.29) is 23.7 Å². The van der Waals surface area contributed by atoms with Crippen molar-refractivity contribution in [3.05, 3.63) is 29.8 Å². The van der Waals surface area contributed by atoms with E-state index in [1.807, 2.05) is 11.8 Å². The molecule has 3 rings (SSSR count). The molecule has 2 aliphatic rings. The highest BCUT2D eigenvalue weighted by Gasteiger charge is 2.42. The lowest BCUT2D eigenvalue weighted by molar-refractivity contribution is 0.0692. The molecule has 0 aliphatic carbocycles. The molecule has 0 saturated carbocycles. The summed E-state index contributed by atoms with van der Waals surface area (Å²) in [6.07, 6.45) is 4.09. The summed E-state index contributed by atoms with van der Waals surface area (Å²) in [5, 5.41) is 15.5. The van der Waals surface area contributed by atoms with Crippen LogP contribution in [-0.4, -0.2) is 46.8 Å². The molecule has 6 nitrogen and oxygen atoms in total. The molecule has 24 heavy (non-hydrogen) atoms. The van der Waals surface area contributed by atoms with Crippen molar-refractivity contribution in [2.24, 2.45) is 0 Å². The lowest BCUT2D eigenvalue weighted by Crippen LogP contribution is -2.36. The van der Waals surface area contributed by atoms with Gasteiger partial charge in [-0.2, -0.15) is 11.8 Å². The third-order valence-electron chi connectivity index (χ3n) is 4.45. The number of fused-ring (bicyclic) bond motifs is 1. The molecule has 0 radical (unpaired) electrons. The highest BCUT2D eigenvalue weighted by atomic mass is 32.2. The van der Waals surface area contributed by atoms with Gasteiger partial charge in [0.15, 0.2) is 0 Å². The van der Waals surface area contributed by atoms with Crippen molar-refractivity contribution >= 4 is 23.8 Å². The summed E-state index contributed by atoms with van der Waals surface area (Å²) in [6, 6.07) is 7.22. The molecule has 130 valence electrons. The second kappa shape index (κ2) is 7.79. The zero-order valence-corrected chi connectivity index (χ0v) is 14.2. The lowest BCUT2D eigenvalue weighted by Gasteiger charge is -2.16. The van der Waals surface area contributed by atoms with Crippen LogP contribution < -0.4 is 15.4 Å². The van der Waals surface area contributed by atoms with E-state index < -0.39 is 5.97 Å². The maximum absolute atomic E-state index is 11.3. The fourth-order valence-electron chi connectivity index (χ4n) is 3.22. The highest BCUT2D eigenvalue weighted by Crippen LogP contribution is 2.33. The minimum atomic E-state index is -0.967. The number of thioether (sulfide) groups is 1. The van der Waals surface area contributed by atoms with Crippen LogP contribution >= 0.6 is 11.8 Å². The maximum Gasteiger partial charge on any atom is 0.339 e. The molecule has 2 amide bonds. The summed E-state index contributed by atoms with van der Waals surface area (Å²) >= 11 is 1.93. The molecule has 0 spiro atoms. The van der Waals surface area contributed by atoms with Gasteiger partial charge in [0.2, 0.25) is 0 Å². The van der Waals surface area contributed by atoms with E-state index in [0.717, 1.165) is 31.4 Å². The average Bonchev–Trinajstić information content (AvgIpc) is 3.10. The van der Waals surface area contributed by atoms with Crippen molar-refractivity contribution in [1.82, 2.24) is 10.6 Å². The molecule has 3 atom stereocenters. The molecule has 3 N–H and O–H groups in total. The number of hydrogen-bond acceptors (Lipinski definition) is 4. The van der Waals surface area contributed by atoms with Gasteiger partial charge in [-0.25, -0.2) is 9.59 Å². The summed E-state index contributed by atoms with van der Waals surface area (Å²) in [7, 11) is 0. The van der Waals surface area contributed by atoms with Gasteiger partial charge in [-0.1, -0.05) is 25.0 Å². The predicted molar refractivity (Wildman–Crippen MR) is 92.9 cm³/mol. The summed E-state index contributed by atoms with van der Waals surface area (Å²) in [6.45, 7) is 0.520. The number of aromatic carboxylic acids is 1. The first-order chi connectivity index (χ1) is 11.6. The quantitative estimate of drug-likeness (QED) is 0.495. The van der Waals surface area contributed by atoms with Crippen LogP contribution in [0.25, 0.3) is 0 Å². The van der Waals surface area contributed by atoms with Gasteiger partial charge < -0.3 is 20.5 Å². The van der Waals surface area contributed by atoms with Crippen molar-refractivity contribution in [3.8, 4) is 5.75 Å². The molecular formula is C17H22N2O4S. The second-order valence-corrected chi connectivity index (χ2v) is 7.39. The predicted octanol–water partition coefficient (Wildman–Crippen LogP) is 2.49. The van der Waals surface area contributed by atoms with Crippen LogP contribution in [0.5, 0.6) is 5.75 Å². The molecule has 2 fully saturated rings. The van der Waals surface area contributed by atoms with Crippen molar-refractivity contribution in [2.45, 2.75) is 43.0 Å². The van der Waals surface area contributed by atoms with E-state index in [1.54, 1.807) is 24.3 Å². The number of benzene rings is 1. The SMILES string of the molecule is O=C1N[C@H]2[C@H](CS[C@H]2CCCCCOc2ccccc2C(=O)O)N1. The molecule has 1 aromatic carbocycles. The molecule has 2 heterocycles. The Morgan fingerprint density at radius 1 is 1.25 bits per heavy atom. The number of amides is 2. The summed E-state index contributed by atoms with van der Waals surface area (Å²) in [5.41, 5.74) is 0.204. The Labute approximate surface area is 145 Å². The first-order valence-electron chi connectivity index (χ1n) is 8.29. The van der Waals surface area contributed by atoms with Crippen molar-refractivity contribution in [2.75, 3.05) is 12.4 Å². The number of ether oxygens (including phenoxy) is 1. The number of hydrogen-bond donors (Lipinski definition) is 3. The zero-order valence-electron chi connectivity index (χ0n) is 13.4. The lowest BCUT2D eigenvalue weighted by atomic mass is 10.0. The van der Waals surface area contributed by atoms with Gasteiger partial charge >= 0.3 is 12.0 Å². The number of urea groups is 1. The number of rotatable bonds is 8. The second-order valence-electron chi connectivity index (χ2n) is 6.12. The van der Waals surface area contributed by atoms with E-state index in [9.17, 15) is 9.59 Å². The molecule has 0 aromatic heterocycles. The van der Waals surface area contributed by atoms with E-state index >= 15 is 0 Å². The Kier molecular flexibility index (Phi) is 5.50. The summed E-state index contributed by atoms with van der Waals surface area (Å²) in [5.74, 6) is 0.452. The van der Waals surface area contributed by atoms with Crippen LogP contribution in [0, 0.1) is 0 Å². The largest absolute Gasteiger partial charge is 0.493 e. The number of unbranched alkanes of at least 4 members (excludes halogenated alkanes) is 2. The number of carboxylic acid groups (broad SMARTS) is 1. The molecule has 2 aliphatic heterocycles. The molecular weight excluding hydrogens is 328 g/mol. The molecule has 0 unspecified atom stereocenters. The Morgan fingerprint density at radius 2 is 2.08 bits per heavy atom. The summed E-state index contributed by atoms with van der Waals surface area (Å²) < 4.78 is 5.60. The van der Waals surface area contributed by atoms with E-state index in [0.29, 0.717) is 17.6 Å². The van der Waals surface area contributed by atoms with Crippen molar-refractivity contribution < 1.29 is 19.4 Å². The van der Waals surface area contributed by atoms with Crippen LogP contribution in [0.4, 0.5) is 4.79 Å². The number of nitrogens with one attached hydrogen (secondary N) is 2. The van der Waals surface area contributed by atoms with Crippen molar-refractivity contribution in [1.29, 1.82) is 0 Å². The fourth-order valence-corrected chi connectivity index (χ4v) is 4.76. The van der Waals surface area contributed by atoms with Crippen LogP contribution in [0.2, 0.25) is 0 Å². The smallest absolute Gasteiger partial charge is 0.339 e. The van der Waals surface area contributed by atoms with Gasteiger partial charge in [0.05, 0.1) is 18.7 Å². The van der Waals surface area contributed by atoms with Gasteiger partial charge in [-0.15, -0.1) is 0 Å². The normalized spacial score (nSPS) is 25.0. The molecule has 7 heteroatoms. The highest BCUT2D eigenvalue weighted by molar-refractivity contribution is 8.00. The summed E-state index contributed by atoms with van der Waals surface area (Å²) in [4.78, 5) is 22.4. The van der Waals surface area contributed by atoms with E-state index in [1.165, 1.54) is 0 Å². The topological polar surface area (TPSA) is 87.7 Å². The van der Waals surface area contributed by atoms with Gasteiger partial charge in [0.25, 0.3) is 0 Å². The standard InChI is InChI=1S/C17H22N2O4S/c20-16(21)11-6-3-4-7-13(11)23-9-5-1-2-8-14-15-12(10-24-14)18-17(22)19-15/h3-4,6-7,12,14-15H,1-2,5,8-10H2,(H,20,21)(H2,18,19,22)/t12-,14-,15-/m0/s1. The van der Waals surface area contributed by atoms with Gasteiger partial charge in [0, 0.05) is 11.0 Å². The Bertz CT molecular complexity index is 610. The van der Waals surface area contributed by atoms with Crippen LogP contribution in [0.1, 0.15) is 36.0 Å².